The number of hydrogen-bond donors (Lipinski definition) is 3. The van der Waals surface area contributed by atoms with Crippen molar-refractivity contribution in [3.05, 3.63) is 53.6 Å². The van der Waals surface area contributed by atoms with Crippen molar-refractivity contribution < 1.29 is 19.7 Å². The minimum atomic E-state index is -1.11. The van der Waals surface area contributed by atoms with E-state index >= 15 is 0 Å². The number of benzene rings is 2. The second kappa shape index (κ2) is 5.41. The highest BCUT2D eigenvalue weighted by Crippen LogP contribution is 2.31. The van der Waals surface area contributed by atoms with Crippen LogP contribution in [0.4, 0.5) is 5.69 Å². The summed E-state index contributed by atoms with van der Waals surface area (Å²) in [5.41, 5.74) is 6.40. The molecule has 0 heterocycles. The van der Waals surface area contributed by atoms with Gasteiger partial charge in [-0.1, -0.05) is 24.3 Å². The van der Waals surface area contributed by atoms with Gasteiger partial charge in [0.05, 0.1) is 17.9 Å². The van der Waals surface area contributed by atoms with Gasteiger partial charge < -0.3 is 20.7 Å². The van der Waals surface area contributed by atoms with Crippen molar-refractivity contribution >= 4 is 11.7 Å². The molecule has 19 heavy (non-hydrogen) atoms. The summed E-state index contributed by atoms with van der Waals surface area (Å²) < 4.78 is 5.57. The fraction of sp³-hybridized carbons (Fsp3) is 0.0714. The summed E-state index contributed by atoms with van der Waals surface area (Å²) in [6, 6.07) is 11.5. The first-order valence-electron chi connectivity index (χ1n) is 5.62. The molecule has 0 bridgehead atoms. The van der Waals surface area contributed by atoms with E-state index in [4.69, 9.17) is 15.6 Å². The predicted molar refractivity (Wildman–Crippen MR) is 70.3 cm³/mol. The summed E-state index contributed by atoms with van der Waals surface area (Å²) >= 11 is 0. The standard InChI is InChI=1S/C14H13NO4/c15-13-10(14(17)18)5-3-7-12(13)19-11-6-2-1-4-9(11)8-16/h1-7,16H,8,15H2,(H,17,18). The number of carboxylic acids is 1. The fourth-order valence-electron chi connectivity index (χ4n) is 1.67. The summed E-state index contributed by atoms with van der Waals surface area (Å²) in [5.74, 6) is -0.418. The van der Waals surface area contributed by atoms with Crippen LogP contribution in [-0.2, 0) is 6.61 Å². The number of hydrogen-bond acceptors (Lipinski definition) is 4. The quantitative estimate of drug-likeness (QED) is 0.732. The number of rotatable bonds is 4. The minimum Gasteiger partial charge on any atom is -0.478 e. The number of aliphatic hydroxyl groups is 1. The number of ether oxygens (including phenoxy) is 1. The highest BCUT2D eigenvalue weighted by Gasteiger charge is 2.13. The molecule has 5 nitrogen and oxygen atoms in total. The molecule has 98 valence electrons. The van der Waals surface area contributed by atoms with Gasteiger partial charge in [-0.15, -0.1) is 0 Å². The smallest absolute Gasteiger partial charge is 0.337 e. The van der Waals surface area contributed by atoms with Crippen LogP contribution < -0.4 is 10.5 Å². The monoisotopic (exact) mass is 259 g/mol. The Kier molecular flexibility index (Phi) is 3.68. The second-order valence-electron chi connectivity index (χ2n) is 3.89. The normalized spacial score (nSPS) is 10.2. The third kappa shape index (κ3) is 2.66. The van der Waals surface area contributed by atoms with E-state index in [2.05, 4.69) is 0 Å². The van der Waals surface area contributed by atoms with Crippen LogP contribution in [0.3, 0.4) is 0 Å². The molecule has 2 aromatic rings. The molecule has 0 atom stereocenters. The lowest BCUT2D eigenvalue weighted by Crippen LogP contribution is -2.04. The fourth-order valence-corrected chi connectivity index (χ4v) is 1.67. The largest absolute Gasteiger partial charge is 0.478 e. The van der Waals surface area contributed by atoms with E-state index in [-0.39, 0.29) is 23.6 Å². The molecule has 0 aliphatic heterocycles. The van der Waals surface area contributed by atoms with Gasteiger partial charge in [0.25, 0.3) is 0 Å². The van der Waals surface area contributed by atoms with Crippen LogP contribution in [0.15, 0.2) is 42.5 Å². The van der Waals surface area contributed by atoms with Crippen LogP contribution in [0.5, 0.6) is 11.5 Å². The zero-order valence-electron chi connectivity index (χ0n) is 10.0. The van der Waals surface area contributed by atoms with E-state index in [0.717, 1.165) is 0 Å². The van der Waals surface area contributed by atoms with Crippen molar-refractivity contribution in [2.45, 2.75) is 6.61 Å². The minimum absolute atomic E-state index is 0.0148. The molecular weight excluding hydrogens is 246 g/mol. The summed E-state index contributed by atoms with van der Waals surface area (Å²) in [5, 5.41) is 18.2. The van der Waals surface area contributed by atoms with Crippen LogP contribution in [0, 0.1) is 0 Å². The van der Waals surface area contributed by atoms with Gasteiger partial charge in [-0.05, 0) is 18.2 Å². The Morgan fingerprint density at radius 2 is 1.79 bits per heavy atom. The molecule has 0 amide bonds. The molecule has 0 aromatic heterocycles. The Morgan fingerprint density at radius 3 is 2.47 bits per heavy atom. The molecular formula is C14H13NO4. The molecule has 0 unspecified atom stereocenters. The number of aromatic carboxylic acids is 1. The van der Waals surface area contributed by atoms with Gasteiger partial charge in [0, 0.05) is 5.56 Å². The van der Waals surface area contributed by atoms with Crippen LogP contribution >= 0.6 is 0 Å². The van der Waals surface area contributed by atoms with Crippen molar-refractivity contribution in [1.29, 1.82) is 0 Å². The Morgan fingerprint density at radius 1 is 1.11 bits per heavy atom. The zero-order chi connectivity index (χ0) is 13.8. The summed E-state index contributed by atoms with van der Waals surface area (Å²) in [6.07, 6.45) is 0. The Balaban J connectivity index is 2.39. The van der Waals surface area contributed by atoms with E-state index in [1.807, 2.05) is 0 Å². The van der Waals surface area contributed by atoms with Crippen molar-refractivity contribution in [2.24, 2.45) is 0 Å². The van der Waals surface area contributed by atoms with Crippen LogP contribution in [0.1, 0.15) is 15.9 Å². The molecule has 0 radical (unpaired) electrons. The number of nitrogens with two attached hydrogens (primary N) is 1. The van der Waals surface area contributed by atoms with Gasteiger partial charge in [-0.2, -0.15) is 0 Å². The van der Waals surface area contributed by atoms with E-state index in [1.54, 1.807) is 36.4 Å². The molecule has 0 aliphatic rings. The number of aliphatic hydroxyl groups excluding tert-OH is 1. The summed E-state index contributed by atoms with van der Waals surface area (Å²) in [7, 11) is 0. The maximum Gasteiger partial charge on any atom is 0.337 e. The number of carboxylic acid groups (broad SMARTS) is 1. The van der Waals surface area contributed by atoms with Gasteiger partial charge in [-0.3, -0.25) is 0 Å². The van der Waals surface area contributed by atoms with Gasteiger partial charge in [0.1, 0.15) is 5.75 Å². The Labute approximate surface area is 109 Å². The Bertz CT molecular complexity index is 610. The van der Waals surface area contributed by atoms with Crippen molar-refractivity contribution in [3.63, 3.8) is 0 Å². The molecule has 4 N–H and O–H groups in total. The molecule has 0 fully saturated rings. The zero-order valence-corrected chi connectivity index (χ0v) is 10.0. The molecule has 0 aliphatic carbocycles. The predicted octanol–water partition coefficient (Wildman–Crippen LogP) is 2.25. The lowest BCUT2D eigenvalue weighted by Gasteiger charge is -2.12. The molecule has 0 saturated heterocycles. The SMILES string of the molecule is Nc1c(Oc2ccccc2CO)cccc1C(=O)O. The van der Waals surface area contributed by atoms with E-state index in [1.165, 1.54) is 6.07 Å². The first-order chi connectivity index (χ1) is 9.13. The summed E-state index contributed by atoms with van der Waals surface area (Å²) in [6.45, 7) is -0.172. The molecule has 0 spiro atoms. The van der Waals surface area contributed by atoms with Crippen LogP contribution in [-0.4, -0.2) is 16.2 Å². The lowest BCUT2D eigenvalue weighted by atomic mass is 10.1. The molecule has 2 rings (SSSR count). The number of nitrogen functional groups attached to an aromatic ring is 1. The maximum absolute atomic E-state index is 11.0. The highest BCUT2D eigenvalue weighted by molar-refractivity contribution is 5.95. The van der Waals surface area contributed by atoms with Crippen molar-refractivity contribution in [1.82, 2.24) is 0 Å². The number of anilines is 1. The topological polar surface area (TPSA) is 92.8 Å². The average molecular weight is 259 g/mol. The Hall–Kier alpha value is -2.53. The van der Waals surface area contributed by atoms with Crippen LogP contribution in [0.25, 0.3) is 0 Å². The van der Waals surface area contributed by atoms with Gasteiger partial charge in [0.2, 0.25) is 0 Å². The summed E-state index contributed by atoms with van der Waals surface area (Å²) in [4.78, 5) is 11.0. The molecule has 5 heteroatoms. The average Bonchev–Trinajstić information content (AvgIpc) is 2.41. The highest BCUT2D eigenvalue weighted by atomic mass is 16.5. The molecule has 2 aromatic carbocycles. The number of para-hydroxylation sites is 2. The van der Waals surface area contributed by atoms with Crippen LogP contribution in [0.2, 0.25) is 0 Å². The third-order valence-electron chi connectivity index (χ3n) is 2.66. The first-order valence-corrected chi connectivity index (χ1v) is 5.62. The van der Waals surface area contributed by atoms with E-state index in [0.29, 0.717) is 11.3 Å². The molecule has 0 saturated carbocycles. The maximum atomic E-state index is 11.0. The first kappa shape index (κ1) is 12.9. The lowest BCUT2D eigenvalue weighted by molar-refractivity contribution is 0.0697. The van der Waals surface area contributed by atoms with Gasteiger partial charge in [-0.25, -0.2) is 4.79 Å². The van der Waals surface area contributed by atoms with Gasteiger partial charge >= 0.3 is 5.97 Å². The number of carbonyl (C=O) groups is 1. The van der Waals surface area contributed by atoms with E-state index < -0.39 is 5.97 Å². The van der Waals surface area contributed by atoms with E-state index in [9.17, 15) is 9.90 Å². The second-order valence-corrected chi connectivity index (χ2v) is 3.89. The van der Waals surface area contributed by atoms with Crippen molar-refractivity contribution in [3.8, 4) is 11.5 Å². The third-order valence-corrected chi connectivity index (χ3v) is 2.66. The van der Waals surface area contributed by atoms with Crippen molar-refractivity contribution in [2.75, 3.05) is 5.73 Å². The van der Waals surface area contributed by atoms with Gasteiger partial charge in [0.15, 0.2) is 5.75 Å².